The molecule has 3 rings (SSSR count). The summed E-state index contributed by atoms with van der Waals surface area (Å²) in [5.74, 6) is 0.355. The zero-order chi connectivity index (χ0) is 12.5. The van der Waals surface area contributed by atoms with Crippen molar-refractivity contribution in [1.29, 1.82) is 0 Å². The zero-order valence-corrected chi connectivity index (χ0v) is 9.88. The molecule has 0 spiro atoms. The van der Waals surface area contributed by atoms with Gasteiger partial charge in [0, 0.05) is 7.11 Å². The minimum atomic E-state index is -0.0962. The summed E-state index contributed by atoms with van der Waals surface area (Å²) in [5, 5.41) is 5.51. The molecule has 2 heterocycles. The molecular formula is C12H12N4O2. The lowest BCUT2D eigenvalue weighted by molar-refractivity contribution is -0.117. The predicted octanol–water partition coefficient (Wildman–Crippen LogP) is 1.30. The van der Waals surface area contributed by atoms with Crippen LogP contribution < -0.4 is 5.01 Å². The van der Waals surface area contributed by atoms with E-state index in [2.05, 4.69) is 15.1 Å². The second kappa shape index (κ2) is 4.23. The van der Waals surface area contributed by atoms with Crippen molar-refractivity contribution < 1.29 is 9.53 Å². The molecule has 18 heavy (non-hydrogen) atoms. The molecule has 2 aromatic rings. The van der Waals surface area contributed by atoms with Gasteiger partial charge in [-0.05, 0) is 12.1 Å². The van der Waals surface area contributed by atoms with E-state index in [4.69, 9.17) is 4.74 Å². The summed E-state index contributed by atoms with van der Waals surface area (Å²) in [5.41, 5.74) is 2.41. The highest BCUT2D eigenvalue weighted by Gasteiger charge is 2.27. The van der Waals surface area contributed by atoms with E-state index in [0.29, 0.717) is 18.3 Å². The molecule has 92 valence electrons. The number of anilines is 1. The van der Waals surface area contributed by atoms with E-state index in [0.717, 1.165) is 11.0 Å². The number of rotatable bonds is 3. The number of imidazole rings is 1. The van der Waals surface area contributed by atoms with Crippen molar-refractivity contribution in [3.8, 4) is 0 Å². The standard InChI is InChI=1S/C12H12N4O2/c1-18-7-8-6-11(17)16(15-8)12-13-9-4-2-3-5-10(9)14-12/h2-5H,6-7H2,1H3,(H,13,14). The Kier molecular flexibility index (Phi) is 2.56. The zero-order valence-electron chi connectivity index (χ0n) is 9.88. The first-order valence-electron chi connectivity index (χ1n) is 5.61. The monoisotopic (exact) mass is 244 g/mol. The number of aromatic nitrogens is 2. The van der Waals surface area contributed by atoms with Crippen LogP contribution in [0.4, 0.5) is 5.95 Å². The Bertz CT molecular complexity index is 599. The van der Waals surface area contributed by atoms with Crippen LogP contribution in [0.15, 0.2) is 29.4 Å². The molecule has 0 atom stereocenters. The average Bonchev–Trinajstić information content (AvgIpc) is 2.92. The Morgan fingerprint density at radius 1 is 1.44 bits per heavy atom. The summed E-state index contributed by atoms with van der Waals surface area (Å²) < 4.78 is 4.98. The fraction of sp³-hybridized carbons (Fsp3) is 0.250. The SMILES string of the molecule is COCC1=NN(c2nc3ccccc3[nH]2)C(=O)C1. The molecule has 0 saturated heterocycles. The molecule has 0 bridgehead atoms. The quantitative estimate of drug-likeness (QED) is 0.884. The summed E-state index contributed by atoms with van der Waals surface area (Å²) >= 11 is 0. The lowest BCUT2D eigenvalue weighted by atomic mass is 10.3. The third kappa shape index (κ3) is 1.76. The lowest BCUT2D eigenvalue weighted by Crippen LogP contribution is -2.20. The largest absolute Gasteiger partial charge is 0.379 e. The number of nitrogens with one attached hydrogen (secondary N) is 1. The van der Waals surface area contributed by atoms with Gasteiger partial charge in [0.25, 0.3) is 5.91 Å². The van der Waals surface area contributed by atoms with Crippen molar-refractivity contribution in [3.63, 3.8) is 0 Å². The molecule has 1 N–H and O–H groups in total. The maximum absolute atomic E-state index is 11.8. The number of fused-ring (bicyclic) bond motifs is 1. The Hall–Kier alpha value is -2.21. The van der Waals surface area contributed by atoms with Crippen LogP contribution in [0, 0.1) is 0 Å². The highest BCUT2D eigenvalue weighted by molar-refractivity contribution is 6.13. The summed E-state index contributed by atoms with van der Waals surface area (Å²) in [6.45, 7) is 0.364. The van der Waals surface area contributed by atoms with Gasteiger partial charge in [0.2, 0.25) is 5.95 Å². The molecular weight excluding hydrogens is 232 g/mol. The number of benzene rings is 1. The van der Waals surface area contributed by atoms with Gasteiger partial charge in [0.05, 0.1) is 29.8 Å². The maximum atomic E-state index is 11.8. The van der Waals surface area contributed by atoms with Crippen molar-refractivity contribution >= 4 is 28.6 Å². The molecule has 1 aromatic heterocycles. The van der Waals surface area contributed by atoms with E-state index in [1.807, 2.05) is 24.3 Å². The molecule has 6 nitrogen and oxygen atoms in total. The molecule has 1 amide bonds. The van der Waals surface area contributed by atoms with Crippen molar-refractivity contribution in [2.45, 2.75) is 6.42 Å². The molecule has 0 unspecified atom stereocenters. The van der Waals surface area contributed by atoms with Crippen molar-refractivity contribution in [2.75, 3.05) is 18.7 Å². The molecule has 0 aliphatic carbocycles. The summed E-state index contributed by atoms with van der Waals surface area (Å²) in [6.07, 6.45) is 0.283. The van der Waals surface area contributed by atoms with Gasteiger partial charge in [0.15, 0.2) is 0 Å². The highest BCUT2D eigenvalue weighted by Crippen LogP contribution is 2.21. The number of hydrogen-bond donors (Lipinski definition) is 1. The molecule has 0 fully saturated rings. The molecule has 1 aliphatic rings. The number of carbonyl (C=O) groups excluding carboxylic acids is 1. The van der Waals surface area contributed by atoms with Gasteiger partial charge >= 0.3 is 0 Å². The first kappa shape index (κ1) is 10.9. The highest BCUT2D eigenvalue weighted by atomic mass is 16.5. The summed E-state index contributed by atoms with van der Waals surface area (Å²) in [7, 11) is 1.58. The number of nitrogens with zero attached hydrogens (tertiary/aromatic N) is 3. The minimum Gasteiger partial charge on any atom is -0.379 e. The lowest BCUT2D eigenvalue weighted by Gasteiger charge is -2.05. The van der Waals surface area contributed by atoms with Crippen LogP contribution in [-0.2, 0) is 9.53 Å². The van der Waals surface area contributed by atoms with Gasteiger partial charge in [-0.15, -0.1) is 0 Å². The Morgan fingerprint density at radius 2 is 2.28 bits per heavy atom. The Labute approximate surface area is 103 Å². The molecule has 1 aromatic carbocycles. The first-order chi connectivity index (χ1) is 8.78. The smallest absolute Gasteiger partial charge is 0.255 e. The van der Waals surface area contributed by atoms with Gasteiger partial charge in [-0.2, -0.15) is 10.1 Å². The van der Waals surface area contributed by atoms with E-state index < -0.39 is 0 Å². The Morgan fingerprint density at radius 3 is 3.06 bits per heavy atom. The maximum Gasteiger partial charge on any atom is 0.255 e. The van der Waals surface area contributed by atoms with E-state index in [9.17, 15) is 4.79 Å². The third-order valence-electron chi connectivity index (χ3n) is 2.72. The van der Waals surface area contributed by atoms with Gasteiger partial charge in [-0.25, -0.2) is 4.98 Å². The van der Waals surface area contributed by atoms with Crippen LogP contribution in [0.1, 0.15) is 6.42 Å². The molecule has 0 saturated carbocycles. The predicted molar refractivity (Wildman–Crippen MR) is 67.5 cm³/mol. The molecule has 1 aliphatic heterocycles. The van der Waals surface area contributed by atoms with Crippen LogP contribution in [0.5, 0.6) is 0 Å². The Balaban J connectivity index is 1.96. The minimum absolute atomic E-state index is 0.0962. The number of hydrazone groups is 1. The van der Waals surface area contributed by atoms with Crippen molar-refractivity contribution in [1.82, 2.24) is 9.97 Å². The number of amides is 1. The van der Waals surface area contributed by atoms with Gasteiger partial charge in [-0.3, -0.25) is 4.79 Å². The van der Waals surface area contributed by atoms with E-state index in [1.165, 1.54) is 5.01 Å². The van der Waals surface area contributed by atoms with Crippen molar-refractivity contribution in [2.24, 2.45) is 5.10 Å². The van der Waals surface area contributed by atoms with E-state index in [-0.39, 0.29) is 12.3 Å². The van der Waals surface area contributed by atoms with Gasteiger partial charge < -0.3 is 9.72 Å². The fourth-order valence-electron chi connectivity index (χ4n) is 1.93. The fourth-order valence-corrected chi connectivity index (χ4v) is 1.93. The average molecular weight is 244 g/mol. The normalized spacial score (nSPS) is 15.5. The van der Waals surface area contributed by atoms with Crippen LogP contribution in [0.25, 0.3) is 11.0 Å². The van der Waals surface area contributed by atoms with Gasteiger partial charge in [-0.1, -0.05) is 12.1 Å². The van der Waals surface area contributed by atoms with Crippen LogP contribution in [0.2, 0.25) is 0 Å². The number of methoxy groups -OCH3 is 1. The van der Waals surface area contributed by atoms with Crippen LogP contribution >= 0.6 is 0 Å². The molecule has 6 heteroatoms. The van der Waals surface area contributed by atoms with Crippen LogP contribution in [-0.4, -0.2) is 35.3 Å². The number of aromatic amines is 1. The van der Waals surface area contributed by atoms with Crippen LogP contribution in [0.3, 0.4) is 0 Å². The summed E-state index contributed by atoms with van der Waals surface area (Å²) in [6, 6.07) is 7.61. The first-order valence-corrected chi connectivity index (χ1v) is 5.61. The third-order valence-corrected chi connectivity index (χ3v) is 2.72. The second-order valence-corrected chi connectivity index (χ2v) is 4.06. The number of H-pyrrole nitrogens is 1. The summed E-state index contributed by atoms with van der Waals surface area (Å²) in [4.78, 5) is 19.3. The number of para-hydroxylation sites is 2. The molecule has 0 radical (unpaired) electrons. The number of carbonyl (C=O) groups is 1. The topological polar surface area (TPSA) is 70.6 Å². The number of hydrogen-bond acceptors (Lipinski definition) is 4. The number of ether oxygens (including phenoxy) is 1. The van der Waals surface area contributed by atoms with Gasteiger partial charge in [0.1, 0.15) is 0 Å². The van der Waals surface area contributed by atoms with E-state index >= 15 is 0 Å². The van der Waals surface area contributed by atoms with Crippen molar-refractivity contribution in [3.05, 3.63) is 24.3 Å². The van der Waals surface area contributed by atoms with E-state index in [1.54, 1.807) is 7.11 Å². The second-order valence-electron chi connectivity index (χ2n) is 4.06.